The Labute approximate surface area is 396 Å². The van der Waals surface area contributed by atoms with Crippen molar-refractivity contribution < 1.29 is 32.2 Å². The molecule has 0 unspecified atom stereocenters. The SMILES string of the molecule is C=Cc1nc2[nH]cc(F)c2cc1Oc1cc(N2CCC3(CC2)CN([C@H]2CCC[C@H]2c2ccccc2C(C)C)C3)ccc1C(=O)NS(=O)(=O)c1cc(N=O)c2c(c1)OC[C@H]([C@H]1CC[C@](C)(O)CC1)N2. The summed E-state index contributed by atoms with van der Waals surface area (Å²) in [5.74, 6) is -0.0610. The Balaban J connectivity index is 0.876. The zero-order chi connectivity index (χ0) is 47.5. The van der Waals surface area contributed by atoms with E-state index in [1.54, 1.807) is 12.1 Å². The Morgan fingerprint density at radius 1 is 1.04 bits per heavy atom. The number of nitrogens with one attached hydrogen (secondary N) is 3. The van der Waals surface area contributed by atoms with Crippen LogP contribution in [0.25, 0.3) is 17.1 Å². The number of aliphatic hydroxyl groups is 1. The number of ether oxygens (including phenoxy) is 2. The van der Waals surface area contributed by atoms with Crippen molar-refractivity contribution in [1.29, 1.82) is 0 Å². The standard InChI is InChI=1S/C52H60FN7O7S/c1-5-41-46(26-39-40(53)27-54-49(39)56-41)67-45-23-33(59-21-19-52(20-22-59)29-60(30-52)44-12-8-11-37(44)36-10-7-6-9-35(36)31(2)3)13-14-38(45)50(61)58-68(64,65)34-24-42(57-63)48-47(25-34)66-28-43(55-48)32-15-17-51(4,62)18-16-32/h5-7,9-10,13-14,23-27,31-32,37,43-44,55,62H,1,8,11-12,15-22,28-30H2,2-4H3,(H,54,56)(H,58,61)/t32-,37-,43+,44-,51-/m0/s1. The van der Waals surface area contributed by atoms with Gasteiger partial charge >= 0.3 is 0 Å². The summed E-state index contributed by atoms with van der Waals surface area (Å²) in [6, 6.07) is 18.2. The van der Waals surface area contributed by atoms with E-state index >= 15 is 0 Å². The van der Waals surface area contributed by atoms with Crippen molar-refractivity contribution in [1.82, 2.24) is 19.6 Å². The van der Waals surface area contributed by atoms with E-state index in [1.165, 1.54) is 60.9 Å². The molecule has 2 saturated heterocycles. The van der Waals surface area contributed by atoms with Crippen molar-refractivity contribution in [2.45, 2.75) is 113 Å². The van der Waals surface area contributed by atoms with Gasteiger partial charge in [0.25, 0.3) is 15.9 Å². The molecule has 5 heterocycles. The number of hydrogen-bond acceptors (Lipinski definition) is 12. The minimum atomic E-state index is -4.61. The second kappa shape index (κ2) is 17.9. The monoisotopic (exact) mass is 945 g/mol. The molecule has 0 bridgehead atoms. The smallest absolute Gasteiger partial charge is 0.268 e. The van der Waals surface area contributed by atoms with E-state index in [0.29, 0.717) is 30.7 Å². The lowest BCUT2D eigenvalue weighted by atomic mass is 9.70. The van der Waals surface area contributed by atoms with Gasteiger partial charge in [-0.1, -0.05) is 51.1 Å². The predicted octanol–water partition coefficient (Wildman–Crippen LogP) is 10.1. The summed E-state index contributed by atoms with van der Waals surface area (Å²) in [5.41, 5.74) is 3.83. The van der Waals surface area contributed by atoms with Gasteiger partial charge in [-0.3, -0.25) is 9.69 Å². The molecule has 3 aromatic carbocycles. The Kier molecular flexibility index (Phi) is 12.1. The molecule has 3 aliphatic heterocycles. The quantitative estimate of drug-likeness (QED) is 0.0875. The number of aromatic amines is 1. The zero-order valence-electron chi connectivity index (χ0n) is 38.9. The molecule has 2 aromatic heterocycles. The van der Waals surface area contributed by atoms with Gasteiger partial charge in [-0.25, -0.2) is 22.5 Å². The Hall–Kier alpha value is -5.84. The summed E-state index contributed by atoms with van der Waals surface area (Å²) < 4.78 is 57.5. The zero-order valence-corrected chi connectivity index (χ0v) is 39.7. The highest BCUT2D eigenvalue weighted by atomic mass is 32.2. The van der Waals surface area contributed by atoms with Crippen LogP contribution in [0.2, 0.25) is 0 Å². The Bertz CT molecular complexity index is 2880. The third-order valence-corrected chi connectivity index (χ3v) is 16.9. The van der Waals surface area contributed by atoms with Crippen LogP contribution in [0.4, 0.5) is 21.5 Å². The molecule has 4 N–H and O–H groups in total. The van der Waals surface area contributed by atoms with Crippen LogP contribution in [-0.2, 0) is 10.0 Å². The number of likely N-dealkylation sites (tertiary alicyclic amines) is 1. The van der Waals surface area contributed by atoms with Crippen molar-refractivity contribution in [2.75, 3.05) is 43.0 Å². The lowest BCUT2D eigenvalue weighted by molar-refractivity contribution is -0.0493. The minimum Gasteiger partial charge on any atom is -0.489 e. The maximum atomic E-state index is 14.9. The van der Waals surface area contributed by atoms with E-state index in [-0.39, 0.29) is 79.8 Å². The van der Waals surface area contributed by atoms with Crippen LogP contribution in [0, 0.1) is 22.1 Å². The first-order valence-electron chi connectivity index (χ1n) is 24.0. The molecule has 1 spiro atoms. The first-order valence-corrected chi connectivity index (χ1v) is 25.5. The van der Waals surface area contributed by atoms with E-state index in [0.717, 1.165) is 63.6 Å². The molecule has 1 amide bonds. The second-order valence-corrected chi connectivity index (χ2v) is 22.1. The Morgan fingerprint density at radius 2 is 1.81 bits per heavy atom. The van der Waals surface area contributed by atoms with Crippen LogP contribution >= 0.6 is 0 Å². The van der Waals surface area contributed by atoms with Gasteiger partial charge in [-0.2, -0.15) is 0 Å². The molecule has 5 aromatic rings. The largest absolute Gasteiger partial charge is 0.489 e. The number of carbonyl (C=O) groups is 1. The van der Waals surface area contributed by atoms with Crippen molar-refractivity contribution in [3.05, 3.63) is 107 Å². The van der Waals surface area contributed by atoms with Crippen molar-refractivity contribution in [2.24, 2.45) is 16.5 Å². The fourth-order valence-corrected chi connectivity index (χ4v) is 12.7. The average Bonchev–Trinajstić information content (AvgIpc) is 3.96. The van der Waals surface area contributed by atoms with Crippen LogP contribution in [0.3, 0.4) is 0 Å². The topological polar surface area (TPSA) is 179 Å². The van der Waals surface area contributed by atoms with Crippen LogP contribution in [0.5, 0.6) is 17.2 Å². The average molecular weight is 946 g/mol. The molecule has 16 heteroatoms. The number of halogens is 1. The number of hydrogen-bond donors (Lipinski definition) is 4. The van der Waals surface area contributed by atoms with Crippen LogP contribution in [-0.4, -0.2) is 84.8 Å². The third kappa shape index (κ3) is 8.75. The lowest BCUT2D eigenvalue weighted by Gasteiger charge is -2.57. The van der Waals surface area contributed by atoms with Gasteiger partial charge in [0.1, 0.15) is 46.6 Å². The predicted molar refractivity (Wildman–Crippen MR) is 261 cm³/mol. The highest BCUT2D eigenvalue weighted by Gasteiger charge is 2.49. The molecule has 14 nitrogen and oxygen atoms in total. The van der Waals surface area contributed by atoms with Crippen molar-refractivity contribution in [3.8, 4) is 17.2 Å². The normalized spacial score (nSPS) is 24.8. The number of fused-ring (bicyclic) bond motifs is 2. The van der Waals surface area contributed by atoms with E-state index < -0.39 is 27.3 Å². The number of benzene rings is 3. The van der Waals surface area contributed by atoms with Gasteiger partial charge in [0.2, 0.25) is 0 Å². The van der Waals surface area contributed by atoms with Crippen LogP contribution < -0.4 is 24.4 Å². The number of piperidine rings is 1. The Morgan fingerprint density at radius 3 is 2.54 bits per heavy atom. The highest BCUT2D eigenvalue weighted by Crippen LogP contribution is 2.49. The number of H-pyrrole nitrogens is 1. The maximum Gasteiger partial charge on any atom is 0.268 e. The summed E-state index contributed by atoms with van der Waals surface area (Å²) in [5, 5.41) is 17.1. The number of aromatic nitrogens is 2. The molecule has 358 valence electrons. The molecule has 4 fully saturated rings. The first kappa shape index (κ1) is 45.9. The summed E-state index contributed by atoms with van der Waals surface area (Å²) in [7, 11) is -4.61. The fraction of sp³-hybridized carbons (Fsp3) is 0.462. The van der Waals surface area contributed by atoms with Crippen LogP contribution in [0.1, 0.15) is 118 Å². The van der Waals surface area contributed by atoms with Crippen molar-refractivity contribution in [3.63, 3.8) is 0 Å². The molecule has 3 atom stereocenters. The number of nitrogens with zero attached hydrogens (tertiary/aromatic N) is 4. The third-order valence-electron chi connectivity index (χ3n) is 15.6. The number of pyridine rings is 1. The van der Waals surface area contributed by atoms with Gasteiger partial charge in [0.05, 0.1) is 27.5 Å². The summed E-state index contributed by atoms with van der Waals surface area (Å²) in [4.78, 5) is 38.3. The van der Waals surface area contributed by atoms with E-state index in [9.17, 15) is 27.6 Å². The highest BCUT2D eigenvalue weighted by molar-refractivity contribution is 7.90. The summed E-state index contributed by atoms with van der Waals surface area (Å²) >= 11 is 0. The molecule has 2 saturated carbocycles. The fourth-order valence-electron chi connectivity index (χ4n) is 11.7. The van der Waals surface area contributed by atoms with Crippen LogP contribution in [0.15, 0.2) is 83.5 Å². The van der Waals surface area contributed by atoms with E-state index in [1.807, 2.05) is 6.92 Å². The maximum absolute atomic E-state index is 14.9. The summed E-state index contributed by atoms with van der Waals surface area (Å²) in [6.45, 7) is 14.2. The molecular formula is C52H60FN7O7S. The number of amides is 1. The van der Waals surface area contributed by atoms with Gasteiger partial charge in [0.15, 0.2) is 5.75 Å². The minimum absolute atomic E-state index is 0.0305. The molecule has 2 aliphatic carbocycles. The van der Waals surface area contributed by atoms with Gasteiger partial charge in [0, 0.05) is 56.2 Å². The second-order valence-electron chi connectivity index (χ2n) is 20.4. The molecular weight excluding hydrogens is 886 g/mol. The molecule has 0 radical (unpaired) electrons. The van der Waals surface area contributed by atoms with E-state index in [4.69, 9.17) is 9.47 Å². The number of rotatable bonds is 12. The van der Waals surface area contributed by atoms with Crippen molar-refractivity contribution >= 4 is 50.1 Å². The summed E-state index contributed by atoms with van der Waals surface area (Å²) in [6.07, 6.45) is 11.1. The lowest BCUT2D eigenvalue weighted by Crippen LogP contribution is -2.63. The van der Waals surface area contributed by atoms with Gasteiger partial charge in [-0.05, 0) is 128 Å². The molecule has 10 rings (SSSR count). The molecule has 68 heavy (non-hydrogen) atoms. The van der Waals surface area contributed by atoms with E-state index in [2.05, 4.69) is 79.7 Å². The number of nitroso groups, excluding NO2 is 1. The number of carbonyl (C=O) groups excluding carboxylic acids is 1. The first-order chi connectivity index (χ1) is 32.6. The number of anilines is 2. The number of sulfonamides is 1. The van der Waals surface area contributed by atoms with Gasteiger partial charge < -0.3 is 29.8 Å². The van der Waals surface area contributed by atoms with Gasteiger partial charge in [-0.15, -0.1) is 4.91 Å². The molecule has 5 aliphatic rings.